The molecule has 0 amide bonds. The molecular formula is C10H22OS. The summed E-state index contributed by atoms with van der Waals surface area (Å²) in [5, 5.41) is 0.322. The Kier molecular flexibility index (Phi) is 4.64. The second-order valence-electron chi connectivity index (χ2n) is 4.70. The van der Waals surface area contributed by atoms with E-state index in [9.17, 15) is 4.55 Å². The zero-order valence-electron chi connectivity index (χ0n) is 9.18. The molecule has 0 aromatic rings. The van der Waals surface area contributed by atoms with Crippen molar-refractivity contribution in [3.63, 3.8) is 0 Å². The van der Waals surface area contributed by atoms with Crippen LogP contribution in [-0.4, -0.2) is 15.6 Å². The van der Waals surface area contributed by atoms with E-state index in [0.717, 1.165) is 5.75 Å². The molecule has 1 nitrogen and oxygen atoms in total. The summed E-state index contributed by atoms with van der Waals surface area (Å²) < 4.78 is 11.7. The second-order valence-corrected chi connectivity index (χ2v) is 6.55. The van der Waals surface area contributed by atoms with Crippen LogP contribution in [0.3, 0.4) is 0 Å². The number of hydrogen-bond acceptors (Lipinski definition) is 1. The zero-order chi connectivity index (χ0) is 9.94. The van der Waals surface area contributed by atoms with Crippen LogP contribution in [0.1, 0.15) is 41.5 Å². The number of rotatable bonds is 3. The van der Waals surface area contributed by atoms with Crippen molar-refractivity contribution < 1.29 is 4.55 Å². The molecule has 12 heavy (non-hydrogen) atoms. The third kappa shape index (κ3) is 3.36. The van der Waals surface area contributed by atoms with Gasteiger partial charge in [0, 0.05) is 11.3 Å². The Morgan fingerprint density at radius 1 is 1.25 bits per heavy atom. The molecule has 0 aromatic carbocycles. The van der Waals surface area contributed by atoms with Gasteiger partial charge < -0.3 is 4.55 Å². The second kappa shape index (κ2) is 4.52. The summed E-state index contributed by atoms with van der Waals surface area (Å²) in [6.07, 6.45) is 0. The van der Waals surface area contributed by atoms with Crippen LogP contribution in [0.25, 0.3) is 0 Å². The molecule has 0 saturated carbocycles. The molecule has 0 bridgehead atoms. The average molecular weight is 190 g/mol. The van der Waals surface area contributed by atoms with Crippen molar-refractivity contribution in [2.24, 2.45) is 11.3 Å². The predicted molar refractivity (Wildman–Crippen MR) is 56.8 cm³/mol. The van der Waals surface area contributed by atoms with E-state index in [-0.39, 0.29) is 5.41 Å². The van der Waals surface area contributed by atoms with Gasteiger partial charge in [-0.05, 0) is 6.92 Å². The topological polar surface area (TPSA) is 23.1 Å². The van der Waals surface area contributed by atoms with Gasteiger partial charge in [0.05, 0.1) is 0 Å². The lowest BCUT2D eigenvalue weighted by Gasteiger charge is -2.34. The first-order valence-corrected chi connectivity index (χ1v) is 6.06. The predicted octanol–water partition coefficient (Wildman–Crippen LogP) is 2.83. The van der Waals surface area contributed by atoms with Gasteiger partial charge >= 0.3 is 0 Å². The Morgan fingerprint density at radius 2 is 1.67 bits per heavy atom. The Morgan fingerprint density at radius 3 is 1.75 bits per heavy atom. The lowest BCUT2D eigenvalue weighted by atomic mass is 9.85. The third-order valence-corrected chi connectivity index (χ3v) is 4.41. The fraction of sp³-hybridized carbons (Fsp3) is 1.00. The van der Waals surface area contributed by atoms with E-state index in [0.29, 0.717) is 11.2 Å². The highest BCUT2D eigenvalue weighted by molar-refractivity contribution is 7.92. The largest absolute Gasteiger partial charge is 0.616 e. The van der Waals surface area contributed by atoms with E-state index in [1.54, 1.807) is 0 Å². The molecule has 0 N–H and O–H groups in total. The average Bonchev–Trinajstić information content (AvgIpc) is 1.83. The molecule has 0 aromatic heterocycles. The zero-order valence-corrected chi connectivity index (χ0v) is 9.99. The van der Waals surface area contributed by atoms with Crippen LogP contribution in [0.4, 0.5) is 0 Å². The highest BCUT2D eigenvalue weighted by atomic mass is 32.2. The molecule has 2 heteroatoms. The molecule has 0 spiro atoms. The van der Waals surface area contributed by atoms with Crippen LogP contribution < -0.4 is 0 Å². The van der Waals surface area contributed by atoms with Crippen molar-refractivity contribution >= 4 is 11.2 Å². The Bertz CT molecular complexity index is 126. The lowest BCUT2D eigenvalue weighted by molar-refractivity contribution is 0.320. The fourth-order valence-electron chi connectivity index (χ4n) is 1.88. The third-order valence-electron chi connectivity index (χ3n) is 2.03. The highest BCUT2D eigenvalue weighted by Gasteiger charge is 2.36. The molecule has 0 aliphatic heterocycles. The standard InChI is InChI=1S/C10H22OS/c1-7-12(11)9(8(2)3)10(4,5)6/h8-9H,7H2,1-6H3/t9?,12-/m1/s1. The highest BCUT2D eigenvalue weighted by Crippen LogP contribution is 2.31. The first kappa shape index (κ1) is 12.3. The molecule has 0 aliphatic carbocycles. The molecule has 0 rings (SSSR count). The van der Waals surface area contributed by atoms with Gasteiger partial charge in [0.15, 0.2) is 0 Å². The van der Waals surface area contributed by atoms with E-state index in [1.165, 1.54) is 0 Å². The van der Waals surface area contributed by atoms with Gasteiger partial charge in [0.2, 0.25) is 0 Å². The minimum Gasteiger partial charge on any atom is -0.616 e. The van der Waals surface area contributed by atoms with Crippen molar-refractivity contribution in [1.82, 2.24) is 0 Å². The van der Waals surface area contributed by atoms with Gasteiger partial charge in [-0.1, -0.05) is 45.8 Å². The first-order valence-electron chi connectivity index (χ1n) is 4.67. The van der Waals surface area contributed by atoms with Crippen LogP contribution in [0.5, 0.6) is 0 Å². The molecular weight excluding hydrogens is 168 g/mol. The van der Waals surface area contributed by atoms with E-state index >= 15 is 0 Å². The van der Waals surface area contributed by atoms with Crippen LogP contribution in [-0.2, 0) is 11.2 Å². The Balaban J connectivity index is 4.44. The summed E-state index contributed by atoms with van der Waals surface area (Å²) in [5.74, 6) is 1.28. The van der Waals surface area contributed by atoms with Gasteiger partial charge in [0.25, 0.3) is 0 Å². The summed E-state index contributed by atoms with van der Waals surface area (Å²) in [7, 11) is 0. The Labute approximate surface area is 80.1 Å². The van der Waals surface area contributed by atoms with E-state index in [2.05, 4.69) is 34.6 Å². The molecule has 0 heterocycles. The van der Waals surface area contributed by atoms with Crippen molar-refractivity contribution in [2.45, 2.75) is 46.8 Å². The quantitative estimate of drug-likeness (QED) is 0.628. The summed E-state index contributed by atoms with van der Waals surface area (Å²) in [5.41, 5.74) is 0.162. The first-order chi connectivity index (χ1) is 5.30. The van der Waals surface area contributed by atoms with E-state index in [1.807, 2.05) is 6.92 Å². The monoisotopic (exact) mass is 190 g/mol. The van der Waals surface area contributed by atoms with Crippen LogP contribution in [0.15, 0.2) is 0 Å². The molecule has 0 fully saturated rings. The molecule has 2 atom stereocenters. The molecule has 0 radical (unpaired) electrons. The minimum atomic E-state index is -0.664. The van der Waals surface area contributed by atoms with Gasteiger partial charge in [-0.15, -0.1) is 0 Å². The van der Waals surface area contributed by atoms with Crippen molar-refractivity contribution in [2.75, 3.05) is 5.75 Å². The summed E-state index contributed by atoms with van der Waals surface area (Å²) in [6.45, 7) is 12.8. The van der Waals surface area contributed by atoms with Gasteiger partial charge in [-0.2, -0.15) is 0 Å². The smallest absolute Gasteiger partial charge is 0.122 e. The maximum atomic E-state index is 11.7. The maximum absolute atomic E-state index is 11.7. The van der Waals surface area contributed by atoms with Crippen molar-refractivity contribution in [3.05, 3.63) is 0 Å². The van der Waals surface area contributed by atoms with Crippen LogP contribution >= 0.6 is 0 Å². The SMILES string of the molecule is CC[S@@+]([O-])C(C(C)C)C(C)(C)C. The number of hydrogen-bond donors (Lipinski definition) is 0. The van der Waals surface area contributed by atoms with E-state index < -0.39 is 11.2 Å². The van der Waals surface area contributed by atoms with Crippen molar-refractivity contribution in [3.8, 4) is 0 Å². The van der Waals surface area contributed by atoms with Crippen LogP contribution in [0.2, 0.25) is 0 Å². The molecule has 0 aliphatic rings. The van der Waals surface area contributed by atoms with Gasteiger partial charge in [0.1, 0.15) is 11.0 Å². The Hall–Kier alpha value is 0.310. The molecule has 74 valence electrons. The normalized spacial score (nSPS) is 18.0. The lowest BCUT2D eigenvalue weighted by Crippen LogP contribution is -2.39. The molecule has 1 unspecified atom stereocenters. The summed E-state index contributed by atoms with van der Waals surface area (Å²) >= 11 is -0.664. The van der Waals surface area contributed by atoms with Crippen LogP contribution in [0, 0.1) is 11.3 Å². The fourth-order valence-corrected chi connectivity index (χ4v) is 3.63. The molecule has 0 saturated heterocycles. The van der Waals surface area contributed by atoms with E-state index in [4.69, 9.17) is 0 Å². The minimum absolute atomic E-state index is 0.162. The van der Waals surface area contributed by atoms with Crippen molar-refractivity contribution in [1.29, 1.82) is 0 Å². The van der Waals surface area contributed by atoms with Gasteiger partial charge in [-0.3, -0.25) is 0 Å². The summed E-state index contributed by atoms with van der Waals surface area (Å²) in [6, 6.07) is 0. The van der Waals surface area contributed by atoms with Gasteiger partial charge in [-0.25, -0.2) is 0 Å². The maximum Gasteiger partial charge on any atom is 0.122 e. The summed E-state index contributed by atoms with van der Waals surface area (Å²) in [4.78, 5) is 0.